The zero-order valence-corrected chi connectivity index (χ0v) is 13.0. The van der Waals surface area contributed by atoms with Gasteiger partial charge in [0.1, 0.15) is 11.3 Å². The average molecular weight is 294 g/mol. The van der Waals surface area contributed by atoms with Gasteiger partial charge in [0.25, 0.3) is 0 Å². The molecule has 114 valence electrons. The first-order chi connectivity index (χ1) is 10.8. The van der Waals surface area contributed by atoms with E-state index in [9.17, 15) is 0 Å². The molecule has 1 aliphatic heterocycles. The number of furan rings is 1. The lowest BCUT2D eigenvalue weighted by molar-refractivity contribution is 0.266. The molecule has 0 aliphatic carbocycles. The van der Waals surface area contributed by atoms with Crippen molar-refractivity contribution in [2.24, 2.45) is 0 Å². The number of benzene rings is 1. The quantitative estimate of drug-likeness (QED) is 0.717. The smallest absolute Gasteiger partial charge is 0.134 e. The predicted octanol–water partition coefficient (Wildman–Crippen LogP) is 4.25. The Bertz CT molecular complexity index is 757. The maximum atomic E-state index is 6.00. The fourth-order valence-electron chi connectivity index (χ4n) is 3.45. The van der Waals surface area contributed by atoms with E-state index in [-0.39, 0.29) is 0 Å². The van der Waals surface area contributed by atoms with Crippen molar-refractivity contribution < 1.29 is 4.42 Å². The molecule has 0 N–H and O–H groups in total. The summed E-state index contributed by atoms with van der Waals surface area (Å²) in [7, 11) is 0. The summed E-state index contributed by atoms with van der Waals surface area (Å²) in [6.45, 7) is 4.67. The third-order valence-corrected chi connectivity index (χ3v) is 4.79. The van der Waals surface area contributed by atoms with Gasteiger partial charge in [0, 0.05) is 42.5 Å². The Morgan fingerprint density at radius 2 is 2.05 bits per heavy atom. The number of likely N-dealkylation sites (tertiary alicyclic amines) is 1. The standard InChI is InChI=1S/C19H22N2O/c1-15-5-4-11-20(15)12-8-18-14-16-13-17(6-7-19(16)22-18)21-9-2-3-10-21/h2-3,6-7,9-10,13-15H,4-5,8,11-12H2,1H3/t15-/m1/s1. The molecule has 1 fully saturated rings. The van der Waals surface area contributed by atoms with Crippen molar-refractivity contribution in [1.29, 1.82) is 0 Å². The zero-order chi connectivity index (χ0) is 14.9. The van der Waals surface area contributed by atoms with Gasteiger partial charge in [0.05, 0.1) is 0 Å². The van der Waals surface area contributed by atoms with E-state index >= 15 is 0 Å². The van der Waals surface area contributed by atoms with E-state index in [4.69, 9.17) is 4.42 Å². The molecule has 1 atom stereocenters. The highest BCUT2D eigenvalue weighted by Crippen LogP contribution is 2.24. The highest BCUT2D eigenvalue weighted by atomic mass is 16.3. The molecule has 0 saturated carbocycles. The summed E-state index contributed by atoms with van der Waals surface area (Å²) >= 11 is 0. The molecular formula is C19H22N2O. The molecule has 3 heteroatoms. The fourth-order valence-corrected chi connectivity index (χ4v) is 3.45. The summed E-state index contributed by atoms with van der Waals surface area (Å²) in [6.07, 6.45) is 7.80. The van der Waals surface area contributed by atoms with Crippen LogP contribution >= 0.6 is 0 Å². The minimum Gasteiger partial charge on any atom is -0.461 e. The number of nitrogens with zero attached hydrogens (tertiary/aromatic N) is 2. The number of fused-ring (bicyclic) bond motifs is 1. The van der Waals surface area contributed by atoms with Crippen molar-refractivity contribution in [3.05, 3.63) is 54.6 Å². The summed E-state index contributed by atoms with van der Waals surface area (Å²) in [4.78, 5) is 2.57. The van der Waals surface area contributed by atoms with Gasteiger partial charge in [-0.1, -0.05) is 0 Å². The van der Waals surface area contributed by atoms with Crippen LogP contribution in [0, 0.1) is 0 Å². The molecule has 22 heavy (non-hydrogen) atoms. The summed E-state index contributed by atoms with van der Waals surface area (Å²) in [5.74, 6) is 1.10. The van der Waals surface area contributed by atoms with Crippen LogP contribution in [0.5, 0.6) is 0 Å². The topological polar surface area (TPSA) is 21.3 Å². The lowest BCUT2D eigenvalue weighted by Gasteiger charge is -2.19. The van der Waals surface area contributed by atoms with Gasteiger partial charge in [0.2, 0.25) is 0 Å². The van der Waals surface area contributed by atoms with E-state index in [0.717, 1.165) is 30.4 Å². The van der Waals surface area contributed by atoms with Crippen molar-refractivity contribution in [2.45, 2.75) is 32.2 Å². The average Bonchev–Trinajstić information content (AvgIpc) is 3.25. The minimum absolute atomic E-state index is 0.727. The summed E-state index contributed by atoms with van der Waals surface area (Å²) in [6, 6.07) is 13.4. The Hall–Kier alpha value is -2.00. The maximum absolute atomic E-state index is 6.00. The Morgan fingerprint density at radius 3 is 2.82 bits per heavy atom. The monoisotopic (exact) mass is 294 g/mol. The van der Waals surface area contributed by atoms with Crippen LogP contribution < -0.4 is 0 Å². The highest BCUT2D eigenvalue weighted by Gasteiger charge is 2.20. The molecule has 0 radical (unpaired) electrons. The Morgan fingerprint density at radius 1 is 1.18 bits per heavy atom. The fraction of sp³-hybridized carbons (Fsp3) is 0.368. The van der Waals surface area contributed by atoms with E-state index in [0.29, 0.717) is 0 Å². The second kappa shape index (κ2) is 5.65. The third kappa shape index (κ3) is 2.57. The molecule has 1 aliphatic rings. The molecule has 0 amide bonds. The Kier molecular flexibility index (Phi) is 3.51. The molecule has 1 aromatic carbocycles. The first-order valence-corrected chi connectivity index (χ1v) is 8.19. The van der Waals surface area contributed by atoms with Crippen LogP contribution in [0.1, 0.15) is 25.5 Å². The molecule has 0 spiro atoms. The van der Waals surface area contributed by atoms with Gasteiger partial charge in [0.15, 0.2) is 0 Å². The first kappa shape index (κ1) is 13.6. The number of hydrogen-bond donors (Lipinski definition) is 0. The van der Waals surface area contributed by atoms with Crippen LogP contribution in [0.3, 0.4) is 0 Å². The van der Waals surface area contributed by atoms with Crippen molar-refractivity contribution in [3.63, 3.8) is 0 Å². The third-order valence-electron chi connectivity index (χ3n) is 4.79. The molecule has 3 aromatic rings. The van der Waals surface area contributed by atoms with Crippen molar-refractivity contribution >= 4 is 11.0 Å². The Balaban J connectivity index is 1.53. The maximum Gasteiger partial charge on any atom is 0.134 e. The van der Waals surface area contributed by atoms with Crippen LogP contribution in [-0.2, 0) is 6.42 Å². The van der Waals surface area contributed by atoms with Crippen LogP contribution in [0.15, 0.2) is 53.2 Å². The van der Waals surface area contributed by atoms with Crippen molar-refractivity contribution in [1.82, 2.24) is 9.47 Å². The normalized spacial score (nSPS) is 19.2. The molecule has 4 rings (SSSR count). The SMILES string of the molecule is C[C@@H]1CCCN1CCc1cc2cc(-n3cccc3)ccc2o1. The van der Waals surface area contributed by atoms with Gasteiger partial charge in [-0.05, 0) is 62.7 Å². The van der Waals surface area contributed by atoms with Crippen LogP contribution in [0.2, 0.25) is 0 Å². The van der Waals surface area contributed by atoms with Crippen molar-refractivity contribution in [3.8, 4) is 5.69 Å². The van der Waals surface area contributed by atoms with Gasteiger partial charge >= 0.3 is 0 Å². The zero-order valence-electron chi connectivity index (χ0n) is 13.0. The second-order valence-electron chi connectivity index (χ2n) is 6.30. The van der Waals surface area contributed by atoms with E-state index in [1.807, 2.05) is 12.1 Å². The number of hydrogen-bond acceptors (Lipinski definition) is 2. The van der Waals surface area contributed by atoms with E-state index in [2.05, 4.69) is 53.0 Å². The van der Waals surface area contributed by atoms with Gasteiger partial charge in [-0.15, -0.1) is 0 Å². The highest BCUT2D eigenvalue weighted by molar-refractivity contribution is 5.80. The number of aromatic nitrogens is 1. The molecule has 0 unspecified atom stereocenters. The summed E-state index contributed by atoms with van der Waals surface area (Å²) in [5.41, 5.74) is 2.17. The largest absolute Gasteiger partial charge is 0.461 e. The van der Waals surface area contributed by atoms with Gasteiger partial charge < -0.3 is 13.9 Å². The van der Waals surface area contributed by atoms with Crippen LogP contribution in [0.25, 0.3) is 16.7 Å². The summed E-state index contributed by atoms with van der Waals surface area (Å²) < 4.78 is 8.12. The lowest BCUT2D eigenvalue weighted by atomic mass is 10.2. The molecule has 3 nitrogen and oxygen atoms in total. The molecule has 2 aromatic heterocycles. The summed E-state index contributed by atoms with van der Waals surface area (Å²) in [5, 5.41) is 1.19. The second-order valence-corrected chi connectivity index (χ2v) is 6.30. The van der Waals surface area contributed by atoms with Gasteiger partial charge in [-0.25, -0.2) is 0 Å². The van der Waals surface area contributed by atoms with E-state index in [1.165, 1.54) is 30.5 Å². The number of rotatable bonds is 4. The van der Waals surface area contributed by atoms with Crippen LogP contribution in [0.4, 0.5) is 0 Å². The first-order valence-electron chi connectivity index (χ1n) is 8.19. The van der Waals surface area contributed by atoms with Crippen molar-refractivity contribution in [2.75, 3.05) is 13.1 Å². The van der Waals surface area contributed by atoms with Gasteiger partial charge in [-0.2, -0.15) is 0 Å². The van der Waals surface area contributed by atoms with E-state index < -0.39 is 0 Å². The molecule has 0 bridgehead atoms. The molecule has 1 saturated heterocycles. The molecule has 3 heterocycles. The lowest BCUT2D eigenvalue weighted by Crippen LogP contribution is -2.28. The van der Waals surface area contributed by atoms with E-state index in [1.54, 1.807) is 0 Å². The predicted molar refractivity (Wildman–Crippen MR) is 89.5 cm³/mol. The minimum atomic E-state index is 0.727. The van der Waals surface area contributed by atoms with Crippen LogP contribution in [-0.4, -0.2) is 28.6 Å². The van der Waals surface area contributed by atoms with Gasteiger partial charge in [-0.3, -0.25) is 0 Å². The Labute approximate surface area is 131 Å². The molecular weight excluding hydrogens is 272 g/mol.